The van der Waals surface area contributed by atoms with Crippen molar-refractivity contribution < 1.29 is 9.47 Å². The Hall–Kier alpha value is -2.16. The second-order valence-electron chi connectivity index (χ2n) is 8.35. The lowest BCUT2D eigenvalue weighted by Crippen LogP contribution is -2.43. The van der Waals surface area contributed by atoms with Gasteiger partial charge < -0.3 is 25.0 Å². The van der Waals surface area contributed by atoms with Crippen molar-refractivity contribution >= 4 is 40.7 Å². The molecule has 172 valence electrons. The molecular formula is C23H30ClN5O2S. The highest BCUT2D eigenvalue weighted by molar-refractivity contribution is 7.80. The summed E-state index contributed by atoms with van der Waals surface area (Å²) >= 11 is 11.9. The van der Waals surface area contributed by atoms with Crippen molar-refractivity contribution in [1.82, 2.24) is 15.3 Å². The highest BCUT2D eigenvalue weighted by Gasteiger charge is 2.34. The first-order valence-corrected chi connectivity index (χ1v) is 11.9. The summed E-state index contributed by atoms with van der Waals surface area (Å²) in [5, 5.41) is 7.84. The molecule has 2 aromatic rings. The van der Waals surface area contributed by atoms with Crippen molar-refractivity contribution in [2.75, 3.05) is 50.2 Å². The molecule has 1 aliphatic heterocycles. The van der Waals surface area contributed by atoms with E-state index in [1.54, 1.807) is 7.11 Å². The Morgan fingerprint density at radius 3 is 2.69 bits per heavy atom. The standard InChI is InChI=1S/C23H30ClN5O2S/c1-30-20-15-19(29-10-12-31-13-11-29)26-21(27-20)28-22(32)25-16-23(8-3-2-4-9-23)17-6-5-7-18(24)14-17/h5-7,14-15H,2-4,8-13,16H2,1H3,(H2,25,26,27,28,32). The molecule has 0 atom stereocenters. The summed E-state index contributed by atoms with van der Waals surface area (Å²) < 4.78 is 10.8. The lowest BCUT2D eigenvalue weighted by molar-refractivity contribution is 0.122. The second kappa shape index (κ2) is 10.6. The van der Waals surface area contributed by atoms with Crippen molar-refractivity contribution in [3.8, 4) is 5.88 Å². The largest absolute Gasteiger partial charge is 0.481 e. The summed E-state index contributed by atoms with van der Waals surface area (Å²) in [4.78, 5) is 11.2. The minimum atomic E-state index is 0.0170. The quantitative estimate of drug-likeness (QED) is 0.603. The van der Waals surface area contributed by atoms with E-state index < -0.39 is 0 Å². The van der Waals surface area contributed by atoms with Crippen molar-refractivity contribution in [3.05, 3.63) is 40.9 Å². The van der Waals surface area contributed by atoms with Gasteiger partial charge in [0.25, 0.3) is 0 Å². The van der Waals surface area contributed by atoms with Crippen LogP contribution in [0.4, 0.5) is 11.8 Å². The predicted molar refractivity (Wildman–Crippen MR) is 132 cm³/mol. The van der Waals surface area contributed by atoms with Gasteiger partial charge in [0.05, 0.1) is 20.3 Å². The van der Waals surface area contributed by atoms with Gasteiger partial charge in [-0.15, -0.1) is 0 Å². The molecule has 32 heavy (non-hydrogen) atoms. The third-order valence-corrected chi connectivity index (χ3v) is 6.78. The summed E-state index contributed by atoms with van der Waals surface area (Å²) in [6, 6.07) is 10.1. The zero-order valence-electron chi connectivity index (χ0n) is 18.4. The minimum absolute atomic E-state index is 0.0170. The molecule has 0 unspecified atom stereocenters. The van der Waals surface area contributed by atoms with Crippen molar-refractivity contribution in [1.29, 1.82) is 0 Å². The van der Waals surface area contributed by atoms with E-state index in [-0.39, 0.29) is 5.41 Å². The Morgan fingerprint density at radius 1 is 1.19 bits per heavy atom. The van der Waals surface area contributed by atoms with Gasteiger partial charge in [-0.1, -0.05) is 43.0 Å². The van der Waals surface area contributed by atoms with E-state index in [4.69, 9.17) is 33.3 Å². The first kappa shape index (κ1) is 23.0. The van der Waals surface area contributed by atoms with E-state index in [1.807, 2.05) is 18.2 Å². The molecule has 1 aliphatic carbocycles. The zero-order chi connectivity index (χ0) is 22.4. The number of nitrogens with one attached hydrogen (secondary N) is 2. The molecule has 0 bridgehead atoms. The number of nitrogens with zero attached hydrogens (tertiary/aromatic N) is 3. The van der Waals surface area contributed by atoms with Crippen molar-refractivity contribution in [2.45, 2.75) is 37.5 Å². The summed E-state index contributed by atoms with van der Waals surface area (Å²) in [6.45, 7) is 3.66. The summed E-state index contributed by atoms with van der Waals surface area (Å²) in [6.07, 6.45) is 5.90. The van der Waals surface area contributed by atoms with Gasteiger partial charge in [0.15, 0.2) is 5.11 Å². The molecule has 7 nitrogen and oxygen atoms in total. The van der Waals surface area contributed by atoms with Crippen LogP contribution in [0.3, 0.4) is 0 Å². The summed E-state index contributed by atoms with van der Waals surface area (Å²) in [5.74, 6) is 1.71. The van der Waals surface area contributed by atoms with Gasteiger partial charge in [0.2, 0.25) is 11.8 Å². The summed E-state index contributed by atoms with van der Waals surface area (Å²) in [5.41, 5.74) is 1.29. The molecule has 1 saturated carbocycles. The Morgan fingerprint density at radius 2 is 1.97 bits per heavy atom. The number of morpholine rings is 1. The highest BCUT2D eigenvalue weighted by Crippen LogP contribution is 2.39. The van der Waals surface area contributed by atoms with Gasteiger partial charge in [-0.2, -0.15) is 9.97 Å². The smallest absolute Gasteiger partial charge is 0.234 e. The fraction of sp³-hybridized carbons (Fsp3) is 0.522. The van der Waals surface area contributed by atoms with Crippen LogP contribution in [0.2, 0.25) is 5.02 Å². The Kier molecular flexibility index (Phi) is 7.65. The monoisotopic (exact) mass is 475 g/mol. The van der Waals surface area contributed by atoms with Crippen LogP contribution >= 0.6 is 23.8 Å². The molecule has 2 aliphatic rings. The molecule has 1 aromatic carbocycles. The van der Waals surface area contributed by atoms with Gasteiger partial charge in [-0.3, -0.25) is 0 Å². The van der Waals surface area contributed by atoms with E-state index >= 15 is 0 Å². The maximum Gasteiger partial charge on any atom is 0.234 e. The van der Waals surface area contributed by atoms with Crippen LogP contribution in [0.15, 0.2) is 30.3 Å². The number of rotatable bonds is 6. The fourth-order valence-corrected chi connectivity index (χ4v) is 4.89. The van der Waals surface area contributed by atoms with Gasteiger partial charge in [-0.25, -0.2) is 0 Å². The molecule has 1 aromatic heterocycles. The number of methoxy groups -OCH3 is 1. The van der Waals surface area contributed by atoms with Crippen LogP contribution < -0.4 is 20.3 Å². The van der Waals surface area contributed by atoms with E-state index in [0.717, 1.165) is 43.3 Å². The number of hydrogen-bond donors (Lipinski definition) is 2. The van der Waals surface area contributed by atoms with Crippen LogP contribution in [0.1, 0.15) is 37.7 Å². The van der Waals surface area contributed by atoms with E-state index in [0.29, 0.717) is 30.2 Å². The molecule has 0 spiro atoms. The van der Waals surface area contributed by atoms with Gasteiger partial charge in [0, 0.05) is 36.1 Å². The number of halogens is 1. The second-order valence-corrected chi connectivity index (χ2v) is 9.20. The van der Waals surface area contributed by atoms with Crippen LogP contribution in [0, 0.1) is 0 Å². The molecule has 1 saturated heterocycles. The number of hydrogen-bond acceptors (Lipinski definition) is 6. The average molecular weight is 476 g/mol. The Bertz CT molecular complexity index is 932. The lowest BCUT2D eigenvalue weighted by Gasteiger charge is -2.38. The molecule has 0 amide bonds. The molecule has 0 radical (unpaired) electrons. The third-order valence-electron chi connectivity index (χ3n) is 6.29. The van der Waals surface area contributed by atoms with E-state index in [1.165, 1.54) is 24.8 Å². The van der Waals surface area contributed by atoms with Gasteiger partial charge >= 0.3 is 0 Å². The lowest BCUT2D eigenvalue weighted by atomic mass is 9.69. The Labute approximate surface area is 199 Å². The van der Waals surface area contributed by atoms with Gasteiger partial charge in [-0.05, 0) is 42.8 Å². The number of anilines is 2. The maximum absolute atomic E-state index is 6.30. The average Bonchev–Trinajstić information content (AvgIpc) is 2.83. The number of benzene rings is 1. The fourth-order valence-electron chi connectivity index (χ4n) is 4.54. The highest BCUT2D eigenvalue weighted by atomic mass is 35.5. The van der Waals surface area contributed by atoms with Crippen molar-refractivity contribution in [3.63, 3.8) is 0 Å². The maximum atomic E-state index is 6.30. The molecular weight excluding hydrogens is 446 g/mol. The van der Waals surface area contributed by atoms with E-state index in [9.17, 15) is 0 Å². The predicted octanol–water partition coefficient (Wildman–Crippen LogP) is 4.16. The first-order chi connectivity index (χ1) is 15.6. The normalized spacial score (nSPS) is 18.1. The number of ether oxygens (including phenoxy) is 2. The zero-order valence-corrected chi connectivity index (χ0v) is 20.0. The van der Waals surface area contributed by atoms with Crippen molar-refractivity contribution in [2.24, 2.45) is 0 Å². The van der Waals surface area contributed by atoms with E-state index in [2.05, 4.69) is 37.6 Å². The first-order valence-electron chi connectivity index (χ1n) is 11.1. The van der Waals surface area contributed by atoms with Crippen LogP contribution in [-0.4, -0.2) is 55.0 Å². The van der Waals surface area contributed by atoms with Crippen LogP contribution in [-0.2, 0) is 10.2 Å². The molecule has 2 N–H and O–H groups in total. The molecule has 4 rings (SSSR count). The molecule has 2 fully saturated rings. The number of aromatic nitrogens is 2. The topological polar surface area (TPSA) is 71.5 Å². The number of thiocarbonyl (C=S) groups is 1. The van der Waals surface area contributed by atoms with Crippen LogP contribution in [0.5, 0.6) is 5.88 Å². The summed E-state index contributed by atoms with van der Waals surface area (Å²) in [7, 11) is 1.60. The third kappa shape index (κ3) is 5.60. The van der Waals surface area contributed by atoms with Gasteiger partial charge in [0.1, 0.15) is 5.82 Å². The van der Waals surface area contributed by atoms with Crippen LogP contribution in [0.25, 0.3) is 0 Å². The minimum Gasteiger partial charge on any atom is -0.481 e. The molecule has 2 heterocycles. The SMILES string of the molecule is COc1cc(N2CCOCC2)nc(NC(=S)NCC2(c3cccc(Cl)c3)CCCCC2)n1. The Balaban J connectivity index is 1.45. The molecule has 9 heteroatoms.